The monoisotopic (exact) mass is 211 g/mol. The van der Waals surface area contributed by atoms with E-state index in [0.29, 0.717) is 6.04 Å². The molecule has 0 spiro atoms. The molecule has 0 aliphatic heterocycles. The maximum atomic E-state index is 6.99. The molecule has 1 atom stereocenters. The van der Waals surface area contributed by atoms with Crippen LogP contribution in [0.5, 0.6) is 0 Å². The van der Waals surface area contributed by atoms with Crippen LogP contribution in [-0.4, -0.2) is 43.9 Å². The highest BCUT2D eigenvalue weighted by atomic mass is 16.5. The van der Waals surface area contributed by atoms with Crippen molar-refractivity contribution in [1.82, 2.24) is 4.90 Å². The Bertz CT molecular complexity index is 236. The molecular weight excluding hydrogens is 190 g/mol. The van der Waals surface area contributed by atoms with Crippen molar-refractivity contribution < 1.29 is 4.74 Å². The van der Waals surface area contributed by atoms with Crippen LogP contribution in [0.1, 0.15) is 20.3 Å². The Kier molecular flexibility index (Phi) is 7.54. The number of hydrogen-bond acceptors (Lipinski definition) is 2. The van der Waals surface area contributed by atoms with Crippen molar-refractivity contribution in [2.45, 2.75) is 26.3 Å². The number of nitrogens with one attached hydrogen (secondary N) is 1. The molecule has 1 N–H and O–H groups in total. The summed E-state index contributed by atoms with van der Waals surface area (Å²) in [6.07, 6.45) is 5.83. The van der Waals surface area contributed by atoms with Gasteiger partial charge in [0.05, 0.1) is 0 Å². The van der Waals surface area contributed by atoms with Crippen LogP contribution in [0.25, 0.3) is 0 Å². The van der Waals surface area contributed by atoms with Gasteiger partial charge in [-0.25, -0.2) is 4.99 Å². The van der Waals surface area contributed by atoms with Crippen LogP contribution in [-0.2, 0) is 4.74 Å². The van der Waals surface area contributed by atoms with Gasteiger partial charge in [0.2, 0.25) is 0 Å². The molecule has 0 aliphatic carbocycles. The molecule has 0 saturated carbocycles. The maximum absolute atomic E-state index is 6.99. The molecule has 0 radical (unpaired) electrons. The summed E-state index contributed by atoms with van der Waals surface area (Å²) >= 11 is 0. The van der Waals surface area contributed by atoms with Crippen LogP contribution < -0.4 is 0 Å². The molecule has 0 aromatic heterocycles. The summed E-state index contributed by atoms with van der Waals surface area (Å²) in [6.45, 7) is 4.79. The first-order chi connectivity index (χ1) is 7.17. The lowest BCUT2D eigenvalue weighted by Gasteiger charge is -2.26. The SMILES string of the molecule is C/C=C/C(=NC=N)N(C)C(C)CCOC. The Balaban J connectivity index is 4.41. The zero-order chi connectivity index (χ0) is 11.7. The van der Waals surface area contributed by atoms with E-state index in [-0.39, 0.29) is 0 Å². The number of rotatable bonds is 6. The molecule has 4 nitrogen and oxygen atoms in total. The van der Waals surface area contributed by atoms with E-state index < -0.39 is 0 Å². The molecule has 0 aliphatic rings. The third-order valence-electron chi connectivity index (χ3n) is 2.27. The minimum absolute atomic E-state index is 0.347. The van der Waals surface area contributed by atoms with Gasteiger partial charge in [0.1, 0.15) is 12.2 Å². The molecule has 0 fully saturated rings. The summed E-state index contributed by atoms with van der Waals surface area (Å²) in [5.74, 6) is 0.802. The lowest BCUT2D eigenvalue weighted by Crippen LogP contribution is -2.34. The molecule has 0 amide bonds. The van der Waals surface area contributed by atoms with E-state index in [1.165, 1.54) is 0 Å². The van der Waals surface area contributed by atoms with Gasteiger partial charge in [0, 0.05) is 26.8 Å². The Labute approximate surface area is 92.2 Å². The third kappa shape index (κ3) is 5.32. The fourth-order valence-corrected chi connectivity index (χ4v) is 1.17. The van der Waals surface area contributed by atoms with Gasteiger partial charge in [-0.2, -0.15) is 0 Å². The second-order valence-electron chi connectivity index (χ2n) is 3.36. The van der Waals surface area contributed by atoms with Gasteiger partial charge in [0.15, 0.2) is 0 Å². The number of ether oxygens (including phenoxy) is 1. The number of nitrogens with zero attached hydrogens (tertiary/aromatic N) is 2. The fourth-order valence-electron chi connectivity index (χ4n) is 1.17. The Morgan fingerprint density at radius 1 is 1.60 bits per heavy atom. The number of hydrogen-bond donors (Lipinski definition) is 1. The molecule has 0 rings (SSSR count). The molecule has 4 heteroatoms. The second-order valence-corrected chi connectivity index (χ2v) is 3.36. The lowest BCUT2D eigenvalue weighted by molar-refractivity contribution is 0.173. The van der Waals surface area contributed by atoms with Crippen molar-refractivity contribution in [1.29, 1.82) is 5.41 Å². The van der Waals surface area contributed by atoms with Crippen molar-refractivity contribution in [2.24, 2.45) is 4.99 Å². The van der Waals surface area contributed by atoms with E-state index in [1.54, 1.807) is 7.11 Å². The number of amidine groups is 1. The van der Waals surface area contributed by atoms with Crippen LogP contribution >= 0.6 is 0 Å². The number of methoxy groups -OCH3 is 1. The quantitative estimate of drug-likeness (QED) is 0.539. The van der Waals surface area contributed by atoms with Crippen molar-refractivity contribution in [2.75, 3.05) is 20.8 Å². The first-order valence-electron chi connectivity index (χ1n) is 5.08. The second kappa shape index (κ2) is 8.17. The average Bonchev–Trinajstić information content (AvgIpc) is 2.24. The standard InChI is InChI=1S/C11H21N3O/c1-5-6-11(13-9-12)14(3)10(2)7-8-15-4/h5-6,9-10,12H,7-8H2,1-4H3/b6-5+,12-9?,13-11?. The topological polar surface area (TPSA) is 48.7 Å². The Morgan fingerprint density at radius 3 is 2.73 bits per heavy atom. The van der Waals surface area contributed by atoms with E-state index in [1.807, 2.05) is 31.0 Å². The zero-order valence-electron chi connectivity index (χ0n) is 10.0. The highest BCUT2D eigenvalue weighted by molar-refractivity contribution is 5.97. The van der Waals surface area contributed by atoms with Crippen molar-refractivity contribution >= 4 is 12.2 Å². The lowest BCUT2D eigenvalue weighted by atomic mass is 10.2. The molecule has 0 aromatic rings. The van der Waals surface area contributed by atoms with Crippen LogP contribution in [0.4, 0.5) is 0 Å². The van der Waals surface area contributed by atoms with Crippen molar-refractivity contribution in [3.05, 3.63) is 12.2 Å². The summed E-state index contributed by atoms with van der Waals surface area (Å²) in [5.41, 5.74) is 0. The predicted octanol–water partition coefficient (Wildman–Crippen LogP) is 1.92. The zero-order valence-corrected chi connectivity index (χ0v) is 10.0. The third-order valence-corrected chi connectivity index (χ3v) is 2.27. The number of allylic oxidation sites excluding steroid dienone is 1. The highest BCUT2D eigenvalue weighted by Crippen LogP contribution is 2.03. The summed E-state index contributed by atoms with van der Waals surface area (Å²) in [4.78, 5) is 6.05. The first-order valence-corrected chi connectivity index (χ1v) is 5.08. The Morgan fingerprint density at radius 2 is 2.27 bits per heavy atom. The minimum Gasteiger partial charge on any atom is -0.385 e. The summed E-state index contributed by atoms with van der Waals surface area (Å²) in [5, 5.41) is 6.99. The number of aliphatic imine (C=N–C) groups is 1. The molecule has 15 heavy (non-hydrogen) atoms. The predicted molar refractivity (Wildman–Crippen MR) is 64.8 cm³/mol. The summed E-state index contributed by atoms with van der Waals surface area (Å²) in [6, 6.07) is 0.347. The van der Waals surface area contributed by atoms with Gasteiger partial charge in [0.25, 0.3) is 0 Å². The van der Waals surface area contributed by atoms with Gasteiger partial charge in [-0.1, -0.05) is 6.08 Å². The maximum Gasteiger partial charge on any atom is 0.129 e. The van der Waals surface area contributed by atoms with Crippen LogP contribution in [0.3, 0.4) is 0 Å². The summed E-state index contributed by atoms with van der Waals surface area (Å²) < 4.78 is 5.03. The van der Waals surface area contributed by atoms with Crippen molar-refractivity contribution in [3.63, 3.8) is 0 Å². The van der Waals surface area contributed by atoms with Gasteiger partial charge in [-0.15, -0.1) is 0 Å². The van der Waals surface area contributed by atoms with E-state index in [4.69, 9.17) is 10.1 Å². The van der Waals surface area contributed by atoms with Gasteiger partial charge in [-0.3, -0.25) is 5.41 Å². The van der Waals surface area contributed by atoms with Crippen LogP contribution in [0.2, 0.25) is 0 Å². The average molecular weight is 211 g/mol. The normalized spacial score (nSPS) is 14.3. The molecule has 0 heterocycles. The van der Waals surface area contributed by atoms with E-state index in [0.717, 1.165) is 25.2 Å². The van der Waals surface area contributed by atoms with E-state index in [2.05, 4.69) is 11.9 Å². The number of likely N-dealkylation sites (N-methyl/N-ethyl adjacent to an activating group) is 1. The van der Waals surface area contributed by atoms with Gasteiger partial charge >= 0.3 is 0 Å². The molecule has 0 aromatic carbocycles. The van der Waals surface area contributed by atoms with Crippen molar-refractivity contribution in [3.8, 4) is 0 Å². The first kappa shape index (κ1) is 13.8. The fraction of sp³-hybridized carbons (Fsp3) is 0.636. The summed E-state index contributed by atoms with van der Waals surface area (Å²) in [7, 11) is 3.67. The molecule has 0 bridgehead atoms. The van der Waals surface area contributed by atoms with Crippen LogP contribution in [0.15, 0.2) is 17.1 Å². The highest BCUT2D eigenvalue weighted by Gasteiger charge is 2.10. The van der Waals surface area contributed by atoms with Gasteiger partial charge in [-0.05, 0) is 26.3 Å². The molecular formula is C11H21N3O. The smallest absolute Gasteiger partial charge is 0.129 e. The minimum atomic E-state index is 0.347. The molecule has 1 unspecified atom stereocenters. The van der Waals surface area contributed by atoms with E-state index in [9.17, 15) is 0 Å². The largest absolute Gasteiger partial charge is 0.385 e. The molecule has 86 valence electrons. The van der Waals surface area contributed by atoms with Gasteiger partial charge < -0.3 is 9.64 Å². The molecule has 0 saturated heterocycles. The van der Waals surface area contributed by atoms with E-state index >= 15 is 0 Å². The van der Waals surface area contributed by atoms with Crippen LogP contribution in [0, 0.1) is 5.41 Å². The Hall–Kier alpha value is -1.16.